The SMILES string of the molecule is CCCCCCC/C=C\C/C=C\CCCCCCCCCCCCCC(=O)OC(COC(=O)CCCCCCCCCCCCCCCCCCCCCCCCC/C=C\CCCCCCCCCC)COP(=O)(O)OCC[N+](C)(C)C. The van der Waals surface area contributed by atoms with Gasteiger partial charge in [0.1, 0.15) is 19.8 Å². The van der Waals surface area contributed by atoms with Crippen molar-refractivity contribution in [2.75, 3.05) is 47.5 Å². The van der Waals surface area contributed by atoms with Gasteiger partial charge in [0.05, 0.1) is 27.7 Å². The van der Waals surface area contributed by atoms with E-state index in [0.29, 0.717) is 23.9 Å². The summed E-state index contributed by atoms with van der Waals surface area (Å²) in [5, 5.41) is 0. The molecule has 0 saturated heterocycles. The molecule has 0 bridgehead atoms. The van der Waals surface area contributed by atoms with Gasteiger partial charge in [-0.3, -0.25) is 18.6 Å². The molecular formula is C72H139NO8P+. The van der Waals surface area contributed by atoms with Crippen LogP contribution in [0.25, 0.3) is 0 Å². The van der Waals surface area contributed by atoms with Crippen LogP contribution >= 0.6 is 7.82 Å². The highest BCUT2D eigenvalue weighted by Gasteiger charge is 2.27. The van der Waals surface area contributed by atoms with Gasteiger partial charge in [-0.2, -0.15) is 0 Å². The Balaban J connectivity index is 3.95. The van der Waals surface area contributed by atoms with E-state index in [-0.39, 0.29) is 25.6 Å². The summed E-state index contributed by atoms with van der Waals surface area (Å²) < 4.78 is 34.7. The minimum Gasteiger partial charge on any atom is -0.462 e. The molecule has 2 unspecified atom stereocenters. The summed E-state index contributed by atoms with van der Waals surface area (Å²) in [5.41, 5.74) is 0. The minimum atomic E-state index is -4.39. The molecule has 0 radical (unpaired) electrons. The zero-order valence-corrected chi connectivity index (χ0v) is 56.1. The largest absolute Gasteiger partial charge is 0.472 e. The lowest BCUT2D eigenvalue weighted by atomic mass is 10.0. The third kappa shape index (κ3) is 67.4. The highest BCUT2D eigenvalue weighted by atomic mass is 31.2. The van der Waals surface area contributed by atoms with Crippen LogP contribution in [0.4, 0.5) is 0 Å². The molecule has 0 aromatic carbocycles. The van der Waals surface area contributed by atoms with Crippen molar-refractivity contribution in [2.24, 2.45) is 0 Å². The van der Waals surface area contributed by atoms with Crippen molar-refractivity contribution in [3.63, 3.8) is 0 Å². The summed E-state index contributed by atoms with van der Waals surface area (Å²) in [6.07, 6.45) is 81.2. The second-order valence-electron chi connectivity index (χ2n) is 25.6. The van der Waals surface area contributed by atoms with E-state index in [1.165, 1.54) is 289 Å². The summed E-state index contributed by atoms with van der Waals surface area (Å²) in [5.74, 6) is -0.780. The van der Waals surface area contributed by atoms with E-state index in [1.807, 2.05) is 21.1 Å². The number of quaternary nitrogens is 1. The molecule has 0 aliphatic rings. The Kier molecular flexibility index (Phi) is 62.3. The molecule has 82 heavy (non-hydrogen) atoms. The fraction of sp³-hybridized carbons (Fsp3) is 0.889. The van der Waals surface area contributed by atoms with Crippen LogP contribution < -0.4 is 0 Å². The third-order valence-electron chi connectivity index (χ3n) is 16.1. The quantitative estimate of drug-likeness (QED) is 0.0211. The summed E-state index contributed by atoms with van der Waals surface area (Å²) in [6.45, 7) is 4.48. The van der Waals surface area contributed by atoms with Crippen LogP contribution in [0.2, 0.25) is 0 Å². The molecule has 10 heteroatoms. The van der Waals surface area contributed by atoms with Gasteiger partial charge in [0.15, 0.2) is 6.10 Å². The number of esters is 2. The first-order chi connectivity index (χ1) is 40.0. The second-order valence-corrected chi connectivity index (χ2v) is 27.1. The number of phosphoric acid groups is 1. The van der Waals surface area contributed by atoms with Crippen LogP contribution in [0.5, 0.6) is 0 Å². The van der Waals surface area contributed by atoms with Gasteiger partial charge >= 0.3 is 19.8 Å². The van der Waals surface area contributed by atoms with E-state index in [1.54, 1.807) is 0 Å². The molecule has 0 aromatic heterocycles. The van der Waals surface area contributed by atoms with Gasteiger partial charge in [-0.15, -0.1) is 0 Å². The summed E-state index contributed by atoms with van der Waals surface area (Å²) in [4.78, 5) is 35.9. The topological polar surface area (TPSA) is 108 Å². The Bertz CT molecular complexity index is 1480. The van der Waals surface area contributed by atoms with E-state index < -0.39 is 26.5 Å². The van der Waals surface area contributed by atoms with E-state index in [2.05, 4.69) is 50.3 Å². The lowest BCUT2D eigenvalue weighted by Gasteiger charge is -2.24. The number of carbonyl (C=O) groups is 2. The summed E-state index contributed by atoms with van der Waals surface area (Å²) in [7, 11) is 1.49. The van der Waals surface area contributed by atoms with Crippen molar-refractivity contribution >= 4 is 19.8 Å². The summed E-state index contributed by atoms with van der Waals surface area (Å²) >= 11 is 0. The van der Waals surface area contributed by atoms with Crippen molar-refractivity contribution in [2.45, 2.75) is 367 Å². The molecule has 0 spiro atoms. The molecule has 0 fully saturated rings. The van der Waals surface area contributed by atoms with Crippen LogP contribution in [0, 0.1) is 0 Å². The van der Waals surface area contributed by atoms with E-state index in [0.717, 1.165) is 38.5 Å². The van der Waals surface area contributed by atoms with Crippen molar-refractivity contribution in [3.8, 4) is 0 Å². The first-order valence-electron chi connectivity index (χ1n) is 35.7. The van der Waals surface area contributed by atoms with Crippen LogP contribution in [0.15, 0.2) is 36.5 Å². The fourth-order valence-corrected chi connectivity index (χ4v) is 11.4. The second kappa shape index (κ2) is 63.7. The monoisotopic (exact) mass is 1180 g/mol. The number of carbonyl (C=O) groups excluding carboxylic acids is 2. The van der Waals surface area contributed by atoms with Gasteiger partial charge in [-0.1, -0.05) is 314 Å². The molecule has 0 aromatic rings. The highest BCUT2D eigenvalue weighted by Crippen LogP contribution is 2.43. The Labute approximate surface area is 510 Å². The maximum absolute atomic E-state index is 12.9. The van der Waals surface area contributed by atoms with Gasteiger partial charge in [-0.05, 0) is 70.6 Å². The zero-order valence-electron chi connectivity index (χ0n) is 55.3. The average Bonchev–Trinajstić information content (AvgIpc) is 3.46. The third-order valence-corrected chi connectivity index (χ3v) is 17.1. The molecule has 2 atom stereocenters. The van der Waals surface area contributed by atoms with E-state index in [9.17, 15) is 19.0 Å². The van der Waals surface area contributed by atoms with E-state index in [4.69, 9.17) is 18.5 Å². The van der Waals surface area contributed by atoms with Crippen molar-refractivity contribution in [3.05, 3.63) is 36.5 Å². The van der Waals surface area contributed by atoms with Crippen LogP contribution in [-0.4, -0.2) is 74.9 Å². The molecule has 0 rings (SSSR count). The smallest absolute Gasteiger partial charge is 0.462 e. The number of hydrogen-bond acceptors (Lipinski definition) is 7. The fourth-order valence-electron chi connectivity index (χ4n) is 10.6. The number of phosphoric ester groups is 1. The Hall–Kier alpha value is -1.77. The maximum Gasteiger partial charge on any atom is 0.472 e. The van der Waals surface area contributed by atoms with Gasteiger partial charge < -0.3 is 18.9 Å². The first-order valence-corrected chi connectivity index (χ1v) is 37.2. The number of nitrogens with zero attached hydrogens (tertiary/aromatic N) is 1. The summed E-state index contributed by atoms with van der Waals surface area (Å²) in [6, 6.07) is 0. The molecule has 1 N–H and O–H groups in total. The van der Waals surface area contributed by atoms with Crippen molar-refractivity contribution in [1.29, 1.82) is 0 Å². The molecule has 9 nitrogen and oxygen atoms in total. The van der Waals surface area contributed by atoms with Gasteiger partial charge in [0.25, 0.3) is 0 Å². The first kappa shape index (κ1) is 80.2. The molecule has 0 aliphatic heterocycles. The molecule has 0 amide bonds. The number of hydrogen-bond donors (Lipinski definition) is 1. The predicted octanol–water partition coefficient (Wildman–Crippen LogP) is 23.1. The lowest BCUT2D eigenvalue weighted by Crippen LogP contribution is -2.37. The normalized spacial score (nSPS) is 13.3. The molecule has 484 valence electrons. The number of rotatable bonds is 67. The number of unbranched alkanes of at least 4 members (excludes halogenated alkanes) is 47. The Morgan fingerprint density at radius 3 is 0.976 bits per heavy atom. The van der Waals surface area contributed by atoms with E-state index >= 15 is 0 Å². The average molecular weight is 1180 g/mol. The number of ether oxygens (including phenoxy) is 2. The van der Waals surface area contributed by atoms with Crippen LogP contribution in [0.1, 0.15) is 361 Å². The van der Waals surface area contributed by atoms with Crippen molar-refractivity contribution < 1.29 is 42.1 Å². The number of likely N-dealkylation sites (N-methyl/N-ethyl adjacent to an activating group) is 1. The van der Waals surface area contributed by atoms with Crippen molar-refractivity contribution in [1.82, 2.24) is 0 Å². The molecular weight excluding hydrogens is 1040 g/mol. The lowest BCUT2D eigenvalue weighted by molar-refractivity contribution is -0.870. The molecule has 0 saturated carbocycles. The van der Waals surface area contributed by atoms with Crippen LogP contribution in [0.3, 0.4) is 0 Å². The number of allylic oxidation sites excluding steroid dienone is 6. The van der Waals surface area contributed by atoms with Crippen LogP contribution in [-0.2, 0) is 32.7 Å². The Morgan fingerprint density at radius 1 is 0.378 bits per heavy atom. The van der Waals surface area contributed by atoms with Gasteiger partial charge in [-0.25, -0.2) is 4.57 Å². The van der Waals surface area contributed by atoms with Gasteiger partial charge in [0.2, 0.25) is 0 Å². The molecule has 0 heterocycles. The maximum atomic E-state index is 12.9. The zero-order chi connectivity index (χ0) is 59.8. The standard InChI is InChI=1S/C72H138NO8P/c1-6-8-10-12-14-16-18-20-22-24-26-28-30-31-32-33-34-35-36-37-38-39-40-41-43-44-46-48-50-52-54-56-58-60-62-64-71(74)78-68-70(69-80-82(76,77)79-67-66-73(3,4)5)81-72(75)65-63-61-59-57-55-53-51-49-47-45-42-29-27-25-23-21-19-17-15-13-11-9-7-2/h19,21,24-27,70H,6-18,20,22-23,28-69H2,1-5H3/p+1/b21-19-,26-24-,27-25-. The van der Waals surface area contributed by atoms with Gasteiger partial charge in [0, 0.05) is 12.8 Å². The highest BCUT2D eigenvalue weighted by molar-refractivity contribution is 7.47. The molecule has 0 aliphatic carbocycles. The predicted molar refractivity (Wildman–Crippen MR) is 354 cm³/mol. The minimum absolute atomic E-state index is 0.0334. The Morgan fingerprint density at radius 2 is 0.659 bits per heavy atom.